The first-order valence-corrected chi connectivity index (χ1v) is 9.07. The minimum absolute atomic E-state index is 0.0139. The van der Waals surface area contributed by atoms with Crippen molar-refractivity contribution >= 4 is 34.8 Å². The van der Waals surface area contributed by atoms with Gasteiger partial charge in [0.05, 0.1) is 29.2 Å². The van der Waals surface area contributed by atoms with Gasteiger partial charge in [0.25, 0.3) is 5.56 Å². The van der Waals surface area contributed by atoms with Gasteiger partial charge in [0.2, 0.25) is 0 Å². The Balaban J connectivity index is 1.86. The predicted octanol–water partition coefficient (Wildman–Crippen LogP) is 4.80. The van der Waals surface area contributed by atoms with E-state index < -0.39 is 17.2 Å². The smallest absolute Gasteiger partial charge is 0.277 e. The Bertz CT molecular complexity index is 1110. The van der Waals surface area contributed by atoms with Crippen LogP contribution in [0.4, 0.5) is 8.78 Å². The van der Waals surface area contributed by atoms with Crippen molar-refractivity contribution in [1.82, 2.24) is 14.5 Å². The van der Waals surface area contributed by atoms with Crippen LogP contribution in [0.5, 0.6) is 5.75 Å². The van der Waals surface area contributed by atoms with E-state index in [1.54, 1.807) is 13.0 Å². The normalized spacial score (nSPS) is 10.9. The van der Waals surface area contributed by atoms with E-state index in [0.29, 0.717) is 11.4 Å². The minimum atomic E-state index is -0.773. The molecule has 10 heteroatoms. The Labute approximate surface area is 173 Å². The molecule has 0 aromatic carbocycles. The van der Waals surface area contributed by atoms with Crippen molar-refractivity contribution in [2.75, 3.05) is 6.61 Å². The Kier molecular flexibility index (Phi) is 6.17. The summed E-state index contributed by atoms with van der Waals surface area (Å²) in [6.45, 7) is 1.65. The average Bonchev–Trinajstić information content (AvgIpc) is 2.64. The predicted molar refractivity (Wildman–Crippen MR) is 103 cm³/mol. The third kappa shape index (κ3) is 4.27. The molecule has 0 amide bonds. The van der Waals surface area contributed by atoms with Crippen LogP contribution in [0.2, 0.25) is 15.2 Å². The summed E-state index contributed by atoms with van der Waals surface area (Å²) < 4.78 is 33.3. The first-order chi connectivity index (χ1) is 13.3. The first-order valence-electron chi connectivity index (χ1n) is 7.94. The van der Waals surface area contributed by atoms with Gasteiger partial charge in [0, 0.05) is 36.5 Å². The van der Waals surface area contributed by atoms with Gasteiger partial charge in [0.15, 0.2) is 0 Å². The van der Waals surface area contributed by atoms with E-state index in [1.165, 1.54) is 16.8 Å². The number of hydrogen-bond donors (Lipinski definition) is 0. The van der Waals surface area contributed by atoms with Crippen LogP contribution in [0.25, 0.3) is 5.69 Å². The van der Waals surface area contributed by atoms with Crippen LogP contribution in [0.15, 0.2) is 35.4 Å². The van der Waals surface area contributed by atoms with Crippen molar-refractivity contribution < 1.29 is 13.5 Å². The number of aryl methyl sites for hydroxylation is 1. The third-order valence-electron chi connectivity index (χ3n) is 3.82. The lowest BCUT2D eigenvalue weighted by Gasteiger charge is -2.15. The number of halogens is 5. The van der Waals surface area contributed by atoms with Gasteiger partial charge in [-0.15, -0.1) is 0 Å². The fourth-order valence-corrected chi connectivity index (χ4v) is 3.08. The Morgan fingerprint density at radius 2 is 1.86 bits per heavy atom. The lowest BCUT2D eigenvalue weighted by molar-refractivity contribution is 0.316. The maximum absolute atomic E-state index is 13.6. The van der Waals surface area contributed by atoms with Gasteiger partial charge in [-0.05, 0) is 6.92 Å². The zero-order valence-corrected chi connectivity index (χ0v) is 16.6. The molecular weight excluding hydrogens is 435 g/mol. The van der Waals surface area contributed by atoms with Crippen LogP contribution in [0, 0.1) is 18.6 Å². The van der Waals surface area contributed by atoms with Crippen LogP contribution < -0.4 is 10.3 Å². The molecule has 0 spiro atoms. The average molecular weight is 447 g/mol. The van der Waals surface area contributed by atoms with Crippen molar-refractivity contribution in [3.05, 3.63) is 79.2 Å². The van der Waals surface area contributed by atoms with Gasteiger partial charge in [0.1, 0.15) is 27.6 Å². The van der Waals surface area contributed by atoms with E-state index in [1.807, 2.05) is 0 Å². The maximum Gasteiger partial charge on any atom is 0.277 e. The molecule has 0 N–H and O–H groups in total. The molecule has 146 valence electrons. The van der Waals surface area contributed by atoms with Crippen molar-refractivity contribution in [2.45, 2.75) is 13.3 Å². The Morgan fingerprint density at radius 3 is 2.57 bits per heavy atom. The molecule has 5 nitrogen and oxygen atoms in total. The summed E-state index contributed by atoms with van der Waals surface area (Å²) in [4.78, 5) is 20.2. The van der Waals surface area contributed by atoms with Gasteiger partial charge in [-0.2, -0.15) is 0 Å². The molecule has 0 saturated carbocycles. The molecule has 0 radical (unpaired) electrons. The van der Waals surface area contributed by atoms with Crippen LogP contribution >= 0.6 is 34.8 Å². The summed E-state index contributed by atoms with van der Waals surface area (Å²) in [5.74, 6) is -1.41. The largest absolute Gasteiger partial charge is 0.491 e. The van der Waals surface area contributed by atoms with E-state index in [-0.39, 0.29) is 39.7 Å². The highest BCUT2D eigenvalue weighted by molar-refractivity contribution is 6.34. The van der Waals surface area contributed by atoms with E-state index in [4.69, 9.17) is 39.5 Å². The van der Waals surface area contributed by atoms with Crippen molar-refractivity contribution in [3.8, 4) is 11.4 Å². The number of pyridine rings is 3. The van der Waals surface area contributed by atoms with Crippen LogP contribution in [-0.4, -0.2) is 21.1 Å². The number of nitrogens with zero attached hydrogens (tertiary/aromatic N) is 3. The quantitative estimate of drug-likeness (QED) is 0.529. The molecule has 0 aliphatic carbocycles. The number of hydrogen-bond acceptors (Lipinski definition) is 4. The summed E-state index contributed by atoms with van der Waals surface area (Å²) >= 11 is 18.2. The maximum atomic E-state index is 13.6. The lowest BCUT2D eigenvalue weighted by atomic mass is 10.2. The van der Waals surface area contributed by atoms with Gasteiger partial charge in [-0.25, -0.2) is 13.8 Å². The second-order valence-corrected chi connectivity index (χ2v) is 6.92. The monoisotopic (exact) mass is 445 g/mol. The molecule has 3 aromatic heterocycles. The highest BCUT2D eigenvalue weighted by atomic mass is 35.5. The molecule has 3 rings (SSSR count). The van der Waals surface area contributed by atoms with E-state index in [2.05, 4.69) is 9.97 Å². The summed E-state index contributed by atoms with van der Waals surface area (Å²) in [5, 5.41) is 0.204. The van der Waals surface area contributed by atoms with Crippen LogP contribution in [0.3, 0.4) is 0 Å². The molecule has 0 aliphatic heterocycles. The highest BCUT2D eigenvalue weighted by Gasteiger charge is 2.16. The molecule has 3 aromatic rings. The zero-order valence-electron chi connectivity index (χ0n) is 14.3. The number of rotatable bonds is 5. The van der Waals surface area contributed by atoms with E-state index in [0.717, 1.165) is 12.3 Å². The van der Waals surface area contributed by atoms with Crippen molar-refractivity contribution in [1.29, 1.82) is 0 Å². The van der Waals surface area contributed by atoms with Gasteiger partial charge in [-0.1, -0.05) is 34.8 Å². The summed E-state index contributed by atoms with van der Waals surface area (Å²) in [7, 11) is 0. The molecule has 28 heavy (non-hydrogen) atoms. The fraction of sp³-hybridized carbons (Fsp3) is 0.167. The molecule has 0 atom stereocenters. The number of aromatic nitrogens is 3. The second-order valence-electron chi connectivity index (χ2n) is 5.74. The molecule has 0 saturated heterocycles. The number of ether oxygens (including phenoxy) is 1. The van der Waals surface area contributed by atoms with E-state index >= 15 is 0 Å². The minimum Gasteiger partial charge on any atom is -0.491 e. The van der Waals surface area contributed by atoms with E-state index in [9.17, 15) is 13.6 Å². The van der Waals surface area contributed by atoms with Crippen molar-refractivity contribution in [2.24, 2.45) is 0 Å². The SMILES string of the molecule is Cc1cc(OCCc2ncc(F)cc2F)c(Cl)c(=O)n1-c1cc(Cl)ncc1Cl. The summed E-state index contributed by atoms with van der Waals surface area (Å²) in [6.07, 6.45) is 2.31. The molecule has 3 heterocycles. The van der Waals surface area contributed by atoms with Gasteiger partial charge >= 0.3 is 0 Å². The molecule has 0 aliphatic rings. The standard InChI is InChI=1S/C18H12Cl3F2N3O2/c1-9-4-15(28-3-2-13-12(23)5-10(22)7-24-13)17(21)18(27)26(9)14-6-16(20)25-8-11(14)19/h4-8H,2-3H2,1H3. The van der Waals surface area contributed by atoms with Gasteiger partial charge < -0.3 is 4.74 Å². The zero-order chi connectivity index (χ0) is 20.4. The topological polar surface area (TPSA) is 57.0 Å². The van der Waals surface area contributed by atoms with Gasteiger partial charge in [-0.3, -0.25) is 14.3 Å². The Hall–Kier alpha value is -2.22. The lowest BCUT2D eigenvalue weighted by Crippen LogP contribution is -2.22. The summed E-state index contributed by atoms with van der Waals surface area (Å²) in [6, 6.07) is 3.73. The molecule has 0 unspecified atom stereocenters. The summed E-state index contributed by atoms with van der Waals surface area (Å²) in [5.41, 5.74) is 0.294. The first kappa shape index (κ1) is 20.5. The van der Waals surface area contributed by atoms with Crippen LogP contribution in [-0.2, 0) is 6.42 Å². The molecular formula is C18H12Cl3F2N3O2. The molecule has 0 bridgehead atoms. The van der Waals surface area contributed by atoms with Crippen LogP contribution in [0.1, 0.15) is 11.4 Å². The molecule has 0 fully saturated rings. The Morgan fingerprint density at radius 1 is 1.11 bits per heavy atom. The second kappa shape index (κ2) is 8.43. The van der Waals surface area contributed by atoms with Crippen molar-refractivity contribution in [3.63, 3.8) is 0 Å². The fourth-order valence-electron chi connectivity index (χ4n) is 2.55. The highest BCUT2D eigenvalue weighted by Crippen LogP contribution is 2.27. The third-order valence-corrected chi connectivity index (χ3v) is 4.67.